The Morgan fingerprint density at radius 3 is 1.71 bits per heavy atom. The molecule has 5 heteroatoms. The molecule has 0 amide bonds. The molecule has 0 aliphatic heterocycles. The Hall–Kier alpha value is -4.96. The van der Waals surface area contributed by atoms with E-state index in [1.165, 1.54) is 20.6 Å². The van der Waals surface area contributed by atoms with E-state index < -0.39 is 0 Å². The number of hydrogen-bond donors (Lipinski definition) is 0. The standard InChI is InChI=1S/C36H22N4Se/c1-3-12-24(13-4-1)33-38-34(25-14-5-2-6-15-25)40-35(39-33)30-22-31-32(29-18-10-9-17-28(29)30)37-36(41-31)27-20-19-23-11-7-8-16-26(23)21-27/h1-22H. The van der Waals surface area contributed by atoms with E-state index >= 15 is 0 Å². The van der Waals surface area contributed by atoms with Gasteiger partial charge in [-0.25, -0.2) is 0 Å². The third-order valence-electron chi connectivity index (χ3n) is 7.34. The summed E-state index contributed by atoms with van der Waals surface area (Å²) < 4.78 is 2.39. The summed E-state index contributed by atoms with van der Waals surface area (Å²) in [7, 11) is 0. The van der Waals surface area contributed by atoms with Crippen LogP contribution in [0.1, 0.15) is 0 Å². The molecule has 0 fully saturated rings. The number of benzene rings is 6. The van der Waals surface area contributed by atoms with Crippen molar-refractivity contribution in [2.45, 2.75) is 0 Å². The Labute approximate surface area is 242 Å². The van der Waals surface area contributed by atoms with Crippen LogP contribution < -0.4 is 0 Å². The first-order valence-corrected chi connectivity index (χ1v) is 15.2. The Morgan fingerprint density at radius 1 is 0.415 bits per heavy atom. The van der Waals surface area contributed by atoms with Crippen LogP contribution >= 0.6 is 0 Å². The molecule has 0 saturated heterocycles. The Bertz CT molecular complexity index is 2150. The molecule has 2 heterocycles. The van der Waals surface area contributed by atoms with Gasteiger partial charge in [0.05, 0.1) is 0 Å². The summed E-state index contributed by atoms with van der Waals surface area (Å²) in [4.78, 5) is 20.2. The van der Waals surface area contributed by atoms with E-state index in [1.807, 2.05) is 60.7 Å². The number of hydrogen-bond acceptors (Lipinski definition) is 4. The summed E-state index contributed by atoms with van der Waals surface area (Å²) in [6.45, 7) is 0. The van der Waals surface area contributed by atoms with E-state index in [0.717, 1.165) is 37.5 Å². The zero-order valence-corrected chi connectivity index (χ0v) is 23.6. The Morgan fingerprint density at radius 2 is 1.00 bits per heavy atom. The van der Waals surface area contributed by atoms with Gasteiger partial charge in [-0.15, -0.1) is 0 Å². The normalized spacial score (nSPS) is 11.4. The second-order valence-electron chi connectivity index (χ2n) is 9.94. The molecular formula is C36H22N4Se. The molecule has 41 heavy (non-hydrogen) atoms. The van der Waals surface area contributed by atoms with Crippen LogP contribution in [0.5, 0.6) is 0 Å². The Kier molecular flexibility index (Phi) is 5.77. The minimum atomic E-state index is 0.0497. The topological polar surface area (TPSA) is 51.6 Å². The van der Waals surface area contributed by atoms with Crippen LogP contribution in [0.2, 0.25) is 0 Å². The van der Waals surface area contributed by atoms with Crippen molar-refractivity contribution >= 4 is 45.8 Å². The fourth-order valence-corrected chi connectivity index (χ4v) is 7.45. The number of aromatic nitrogens is 4. The van der Waals surface area contributed by atoms with Gasteiger partial charge in [0, 0.05) is 0 Å². The summed E-state index contributed by atoms with van der Waals surface area (Å²) >= 11 is 0.0497. The molecule has 0 N–H and O–H groups in total. The molecule has 2 aromatic heterocycles. The van der Waals surface area contributed by atoms with Gasteiger partial charge in [0.2, 0.25) is 0 Å². The van der Waals surface area contributed by atoms with Crippen molar-refractivity contribution < 1.29 is 0 Å². The first-order valence-electron chi connectivity index (χ1n) is 13.5. The van der Waals surface area contributed by atoms with Crippen molar-refractivity contribution in [1.29, 1.82) is 0 Å². The molecule has 0 bridgehead atoms. The van der Waals surface area contributed by atoms with Crippen LogP contribution in [0.4, 0.5) is 0 Å². The number of nitrogens with zero attached hydrogens (tertiary/aromatic N) is 4. The summed E-state index contributed by atoms with van der Waals surface area (Å²) in [5.74, 6) is 2.00. The van der Waals surface area contributed by atoms with Crippen LogP contribution in [0, 0.1) is 0 Å². The maximum atomic E-state index is 5.21. The van der Waals surface area contributed by atoms with Gasteiger partial charge in [-0.3, -0.25) is 0 Å². The van der Waals surface area contributed by atoms with E-state index in [4.69, 9.17) is 19.9 Å². The van der Waals surface area contributed by atoms with Crippen molar-refractivity contribution in [2.75, 3.05) is 0 Å². The summed E-state index contributed by atoms with van der Waals surface area (Å²) in [5.41, 5.74) is 5.18. The van der Waals surface area contributed by atoms with Crippen LogP contribution in [0.3, 0.4) is 0 Å². The second kappa shape index (κ2) is 9.90. The van der Waals surface area contributed by atoms with Gasteiger partial charge in [-0.05, 0) is 0 Å². The molecule has 0 aliphatic carbocycles. The zero-order chi connectivity index (χ0) is 27.2. The molecule has 4 nitrogen and oxygen atoms in total. The van der Waals surface area contributed by atoms with Gasteiger partial charge >= 0.3 is 244 Å². The summed E-state index contributed by atoms with van der Waals surface area (Å²) in [5, 5.41) is 4.69. The fraction of sp³-hybridized carbons (Fsp3) is 0. The zero-order valence-electron chi connectivity index (χ0n) is 21.9. The van der Waals surface area contributed by atoms with Crippen molar-refractivity contribution in [1.82, 2.24) is 19.9 Å². The van der Waals surface area contributed by atoms with Crippen LogP contribution in [-0.2, 0) is 0 Å². The second-order valence-corrected chi connectivity index (χ2v) is 12.1. The number of fused-ring (bicyclic) bond motifs is 4. The van der Waals surface area contributed by atoms with Gasteiger partial charge in [0.1, 0.15) is 0 Å². The predicted molar refractivity (Wildman–Crippen MR) is 169 cm³/mol. The van der Waals surface area contributed by atoms with Crippen molar-refractivity contribution in [3.8, 4) is 44.3 Å². The molecule has 6 aromatic carbocycles. The van der Waals surface area contributed by atoms with Crippen molar-refractivity contribution in [2.24, 2.45) is 0 Å². The molecule has 0 atom stereocenters. The third kappa shape index (κ3) is 4.33. The quantitative estimate of drug-likeness (QED) is 0.193. The van der Waals surface area contributed by atoms with Crippen LogP contribution in [-0.4, -0.2) is 34.4 Å². The fourth-order valence-electron chi connectivity index (χ4n) is 5.32. The van der Waals surface area contributed by atoms with E-state index in [0.29, 0.717) is 17.5 Å². The molecule has 8 rings (SSSR count). The van der Waals surface area contributed by atoms with Crippen molar-refractivity contribution in [3.63, 3.8) is 0 Å². The molecule has 0 unspecified atom stereocenters. The van der Waals surface area contributed by atoms with Gasteiger partial charge in [0.15, 0.2) is 0 Å². The average Bonchev–Trinajstić information content (AvgIpc) is 3.49. The first kappa shape index (κ1) is 23.9. The van der Waals surface area contributed by atoms with E-state index in [-0.39, 0.29) is 14.5 Å². The summed E-state index contributed by atoms with van der Waals surface area (Å²) in [6, 6.07) is 46.1. The Balaban J connectivity index is 1.36. The van der Waals surface area contributed by atoms with E-state index in [1.54, 1.807) is 0 Å². The molecular weight excluding hydrogens is 567 g/mol. The van der Waals surface area contributed by atoms with Gasteiger partial charge in [0.25, 0.3) is 0 Å². The molecule has 0 aliphatic rings. The molecule has 8 aromatic rings. The molecule has 0 spiro atoms. The van der Waals surface area contributed by atoms with E-state index in [9.17, 15) is 0 Å². The van der Waals surface area contributed by atoms with Gasteiger partial charge < -0.3 is 0 Å². The molecule has 0 saturated carbocycles. The summed E-state index contributed by atoms with van der Waals surface area (Å²) in [6.07, 6.45) is 0. The SMILES string of the molecule is c1ccc(-c2nc(-c3ccccc3)nc(-c3cc4[se]c(-c5ccc6ccccc6c5)nc4c4ccccc34)n2)cc1. The van der Waals surface area contributed by atoms with Gasteiger partial charge in [-0.2, -0.15) is 0 Å². The average molecular weight is 590 g/mol. The van der Waals surface area contributed by atoms with E-state index in [2.05, 4.69) is 72.8 Å². The van der Waals surface area contributed by atoms with Crippen molar-refractivity contribution in [3.05, 3.63) is 133 Å². The monoisotopic (exact) mass is 590 g/mol. The maximum absolute atomic E-state index is 5.21. The van der Waals surface area contributed by atoms with Crippen LogP contribution in [0.25, 0.3) is 75.6 Å². The number of rotatable bonds is 4. The molecule has 192 valence electrons. The van der Waals surface area contributed by atoms with Crippen LogP contribution in [0.15, 0.2) is 133 Å². The molecule has 0 radical (unpaired) electrons. The third-order valence-corrected chi connectivity index (χ3v) is 9.54. The van der Waals surface area contributed by atoms with Gasteiger partial charge in [-0.1, -0.05) is 0 Å². The predicted octanol–water partition coefficient (Wildman–Crippen LogP) is 8.45. The first-order chi connectivity index (χ1) is 20.3. The minimum absolute atomic E-state index is 0.0497.